The highest BCUT2D eigenvalue weighted by Crippen LogP contribution is 2.49. The van der Waals surface area contributed by atoms with Crippen molar-refractivity contribution in [3.05, 3.63) is 18.2 Å². The largest absolute Gasteiger partial charge is 0.393 e. The van der Waals surface area contributed by atoms with E-state index in [9.17, 15) is 5.11 Å². The first kappa shape index (κ1) is 13.2. The van der Waals surface area contributed by atoms with Gasteiger partial charge in [-0.15, -0.1) is 0 Å². The zero-order chi connectivity index (χ0) is 13.1. The molecule has 1 heterocycles. The first-order valence-corrected chi connectivity index (χ1v) is 8.01. The van der Waals surface area contributed by atoms with Crippen LogP contribution in [0.2, 0.25) is 0 Å². The number of aromatic amines is 1. The van der Waals surface area contributed by atoms with E-state index in [0.29, 0.717) is 11.8 Å². The van der Waals surface area contributed by atoms with E-state index < -0.39 is 0 Å². The fourth-order valence-electron chi connectivity index (χ4n) is 3.77. The number of hydrogen-bond donors (Lipinski definition) is 2. The summed E-state index contributed by atoms with van der Waals surface area (Å²) in [5.74, 6) is 1.96. The van der Waals surface area contributed by atoms with Gasteiger partial charge in [-0.1, -0.05) is 44.9 Å². The second-order valence-electron chi connectivity index (χ2n) is 6.52. The molecule has 0 bridgehead atoms. The summed E-state index contributed by atoms with van der Waals surface area (Å²) in [6, 6.07) is 0. The van der Waals surface area contributed by atoms with Crippen molar-refractivity contribution in [2.75, 3.05) is 0 Å². The van der Waals surface area contributed by atoms with Gasteiger partial charge >= 0.3 is 0 Å². The minimum atomic E-state index is -0.100. The Hall–Kier alpha value is -0.830. The SMILES string of the molecule is OC(CCCC1CCCCC1)[C@@H]1C[C@H]1c1cnc[nH]1. The van der Waals surface area contributed by atoms with Gasteiger partial charge in [-0.05, 0) is 24.7 Å². The highest BCUT2D eigenvalue weighted by atomic mass is 16.3. The molecule has 0 radical (unpaired) electrons. The van der Waals surface area contributed by atoms with Crippen LogP contribution in [0.15, 0.2) is 12.5 Å². The van der Waals surface area contributed by atoms with Gasteiger partial charge in [0.15, 0.2) is 0 Å². The van der Waals surface area contributed by atoms with Gasteiger partial charge in [-0.25, -0.2) is 4.98 Å². The van der Waals surface area contributed by atoms with Gasteiger partial charge < -0.3 is 10.1 Å². The number of H-pyrrole nitrogens is 1. The van der Waals surface area contributed by atoms with Crippen LogP contribution in [-0.2, 0) is 0 Å². The Labute approximate surface area is 115 Å². The number of aromatic nitrogens is 2. The lowest BCUT2D eigenvalue weighted by atomic mass is 9.85. The minimum Gasteiger partial charge on any atom is -0.393 e. The third kappa shape index (κ3) is 3.38. The zero-order valence-electron chi connectivity index (χ0n) is 11.7. The highest BCUT2D eigenvalue weighted by molar-refractivity contribution is 5.15. The van der Waals surface area contributed by atoms with E-state index in [4.69, 9.17) is 0 Å². The van der Waals surface area contributed by atoms with Crippen LogP contribution in [0.25, 0.3) is 0 Å². The van der Waals surface area contributed by atoms with Gasteiger partial charge in [0, 0.05) is 17.8 Å². The molecule has 1 aromatic rings. The number of nitrogens with zero attached hydrogens (tertiary/aromatic N) is 1. The number of aliphatic hydroxyl groups is 1. The molecule has 2 saturated carbocycles. The summed E-state index contributed by atoms with van der Waals surface area (Å²) in [6.45, 7) is 0. The topological polar surface area (TPSA) is 48.9 Å². The molecule has 2 fully saturated rings. The first-order chi connectivity index (χ1) is 9.34. The molecule has 0 saturated heterocycles. The summed E-state index contributed by atoms with van der Waals surface area (Å²) in [5, 5.41) is 10.3. The molecule has 3 nitrogen and oxygen atoms in total. The molecule has 1 aromatic heterocycles. The molecule has 3 rings (SSSR count). The summed E-state index contributed by atoms with van der Waals surface area (Å²) in [4.78, 5) is 7.23. The fraction of sp³-hybridized carbons (Fsp3) is 0.812. The van der Waals surface area contributed by atoms with Gasteiger partial charge in [-0.3, -0.25) is 0 Å². The van der Waals surface area contributed by atoms with Crippen LogP contribution in [0, 0.1) is 11.8 Å². The zero-order valence-corrected chi connectivity index (χ0v) is 11.7. The van der Waals surface area contributed by atoms with Crippen LogP contribution in [0.4, 0.5) is 0 Å². The molecular weight excluding hydrogens is 236 g/mol. The smallest absolute Gasteiger partial charge is 0.0921 e. The summed E-state index contributed by atoms with van der Waals surface area (Å²) >= 11 is 0. The molecular formula is C16H26N2O. The van der Waals surface area contributed by atoms with Crippen molar-refractivity contribution in [1.29, 1.82) is 0 Å². The van der Waals surface area contributed by atoms with Crippen molar-refractivity contribution in [3.63, 3.8) is 0 Å². The summed E-state index contributed by atoms with van der Waals surface area (Å²) in [6.07, 6.45) is 15.3. The normalized spacial score (nSPS) is 29.3. The van der Waals surface area contributed by atoms with Crippen LogP contribution >= 0.6 is 0 Å². The minimum absolute atomic E-state index is 0.100. The Morgan fingerprint density at radius 3 is 2.89 bits per heavy atom. The van der Waals surface area contributed by atoms with Crippen molar-refractivity contribution in [2.45, 2.75) is 69.8 Å². The lowest BCUT2D eigenvalue weighted by Gasteiger charge is -2.21. The number of hydrogen-bond acceptors (Lipinski definition) is 2. The average Bonchev–Trinajstić information content (AvgIpc) is 3.06. The van der Waals surface area contributed by atoms with Crippen LogP contribution < -0.4 is 0 Å². The van der Waals surface area contributed by atoms with Gasteiger partial charge in [0.1, 0.15) is 0 Å². The summed E-state index contributed by atoms with van der Waals surface area (Å²) < 4.78 is 0. The molecule has 0 aromatic carbocycles. The van der Waals surface area contributed by atoms with E-state index >= 15 is 0 Å². The number of aliphatic hydroxyl groups excluding tert-OH is 1. The quantitative estimate of drug-likeness (QED) is 0.822. The third-order valence-electron chi connectivity index (χ3n) is 5.09. The molecule has 1 unspecified atom stereocenters. The Morgan fingerprint density at radius 1 is 1.32 bits per heavy atom. The number of imidazole rings is 1. The van der Waals surface area contributed by atoms with Crippen LogP contribution in [0.3, 0.4) is 0 Å². The third-order valence-corrected chi connectivity index (χ3v) is 5.09. The monoisotopic (exact) mass is 262 g/mol. The predicted molar refractivity (Wildman–Crippen MR) is 75.9 cm³/mol. The van der Waals surface area contributed by atoms with Crippen LogP contribution in [0.5, 0.6) is 0 Å². The molecule has 106 valence electrons. The Morgan fingerprint density at radius 2 is 2.16 bits per heavy atom. The lowest BCUT2D eigenvalue weighted by molar-refractivity contribution is 0.132. The maximum absolute atomic E-state index is 10.3. The van der Waals surface area contributed by atoms with E-state index in [2.05, 4.69) is 9.97 Å². The van der Waals surface area contributed by atoms with Crippen molar-refractivity contribution >= 4 is 0 Å². The summed E-state index contributed by atoms with van der Waals surface area (Å²) in [7, 11) is 0. The molecule has 2 aliphatic rings. The van der Waals surface area contributed by atoms with E-state index in [0.717, 1.165) is 18.8 Å². The van der Waals surface area contributed by atoms with Crippen molar-refractivity contribution in [2.24, 2.45) is 11.8 Å². The number of rotatable bonds is 6. The Kier molecular flexibility index (Phi) is 4.21. The van der Waals surface area contributed by atoms with E-state index in [1.165, 1.54) is 50.6 Å². The summed E-state index contributed by atoms with van der Waals surface area (Å²) in [5.41, 5.74) is 1.20. The van der Waals surface area contributed by atoms with Crippen LogP contribution in [0.1, 0.15) is 69.4 Å². The van der Waals surface area contributed by atoms with Crippen molar-refractivity contribution < 1.29 is 5.11 Å². The maximum atomic E-state index is 10.3. The van der Waals surface area contributed by atoms with E-state index in [-0.39, 0.29) is 6.10 Å². The second kappa shape index (κ2) is 6.08. The predicted octanol–water partition coefficient (Wildman–Crippen LogP) is 3.62. The lowest BCUT2D eigenvalue weighted by Crippen LogP contribution is -2.12. The molecule has 0 spiro atoms. The molecule has 0 amide bonds. The van der Waals surface area contributed by atoms with Crippen molar-refractivity contribution in [1.82, 2.24) is 9.97 Å². The standard InChI is InChI=1S/C16H26N2O/c19-16(8-4-7-12-5-2-1-3-6-12)14-9-13(14)15-10-17-11-18-15/h10-14,16,19H,1-9H2,(H,17,18)/t13-,14-,16?/m1/s1. The van der Waals surface area contributed by atoms with E-state index in [1.54, 1.807) is 6.33 Å². The fourth-order valence-corrected chi connectivity index (χ4v) is 3.77. The molecule has 0 aliphatic heterocycles. The molecule has 3 atom stereocenters. The molecule has 19 heavy (non-hydrogen) atoms. The van der Waals surface area contributed by atoms with Crippen molar-refractivity contribution in [3.8, 4) is 0 Å². The maximum Gasteiger partial charge on any atom is 0.0921 e. The Balaban J connectivity index is 1.35. The average molecular weight is 262 g/mol. The molecule has 2 N–H and O–H groups in total. The number of nitrogens with one attached hydrogen (secondary N) is 1. The van der Waals surface area contributed by atoms with Gasteiger partial charge in [0.25, 0.3) is 0 Å². The van der Waals surface area contributed by atoms with E-state index in [1.807, 2.05) is 6.20 Å². The molecule has 3 heteroatoms. The molecule has 2 aliphatic carbocycles. The second-order valence-corrected chi connectivity index (χ2v) is 6.52. The van der Waals surface area contributed by atoms with Gasteiger partial charge in [0.05, 0.1) is 12.4 Å². The van der Waals surface area contributed by atoms with Gasteiger partial charge in [0.2, 0.25) is 0 Å². The Bertz CT molecular complexity index is 370. The highest BCUT2D eigenvalue weighted by Gasteiger charge is 2.43. The van der Waals surface area contributed by atoms with Crippen LogP contribution in [-0.4, -0.2) is 21.2 Å². The van der Waals surface area contributed by atoms with Gasteiger partial charge in [-0.2, -0.15) is 0 Å². The first-order valence-electron chi connectivity index (χ1n) is 8.01.